The van der Waals surface area contributed by atoms with Crippen molar-refractivity contribution in [2.45, 2.75) is 105 Å². The van der Waals surface area contributed by atoms with E-state index >= 15 is 0 Å². The summed E-state index contributed by atoms with van der Waals surface area (Å²) in [4.78, 5) is 11.8. The van der Waals surface area contributed by atoms with Crippen LogP contribution in [-0.2, 0) is 9.53 Å². The molecule has 0 saturated heterocycles. The van der Waals surface area contributed by atoms with E-state index in [0.29, 0.717) is 18.9 Å². The van der Waals surface area contributed by atoms with Gasteiger partial charge < -0.3 is 4.74 Å². The highest BCUT2D eigenvalue weighted by atomic mass is 16.5. The minimum Gasteiger partial charge on any atom is -0.465 e. The van der Waals surface area contributed by atoms with Crippen LogP contribution in [-0.4, -0.2) is 12.6 Å². The third kappa shape index (κ3) is 13.2. The Kier molecular flexibility index (Phi) is 15.0. The normalized spacial score (nSPS) is 13.8. The molecule has 2 unspecified atom stereocenters. The van der Waals surface area contributed by atoms with Gasteiger partial charge in [0.1, 0.15) is 0 Å². The molecule has 0 aliphatic rings. The third-order valence-corrected chi connectivity index (χ3v) is 4.43. The van der Waals surface area contributed by atoms with Crippen LogP contribution in [0.2, 0.25) is 0 Å². The molecule has 0 bridgehead atoms. The maximum Gasteiger partial charge on any atom is 0.305 e. The number of unbranched alkanes of at least 4 members (excludes halogenated alkanes) is 5. The molecule has 0 saturated carbocycles. The van der Waals surface area contributed by atoms with E-state index in [9.17, 15) is 4.79 Å². The van der Waals surface area contributed by atoms with Crippen LogP contribution in [0.4, 0.5) is 0 Å². The van der Waals surface area contributed by atoms with Crippen LogP contribution in [0.25, 0.3) is 0 Å². The van der Waals surface area contributed by atoms with E-state index in [0.717, 1.165) is 12.3 Å². The van der Waals surface area contributed by atoms with Gasteiger partial charge in [-0.2, -0.15) is 0 Å². The number of carbonyl (C=O) groups is 1. The molecule has 0 amide bonds. The Morgan fingerprint density at radius 3 is 2.14 bits per heavy atom. The summed E-state index contributed by atoms with van der Waals surface area (Å²) in [5.41, 5.74) is 0. The van der Waals surface area contributed by atoms with Crippen molar-refractivity contribution in [3.8, 4) is 0 Å². The highest BCUT2D eigenvalue weighted by Crippen LogP contribution is 2.21. The molecule has 0 aliphatic heterocycles. The van der Waals surface area contributed by atoms with Crippen molar-refractivity contribution in [1.29, 1.82) is 0 Å². The molecular weight excluding hydrogens is 272 g/mol. The first-order valence-corrected chi connectivity index (χ1v) is 9.79. The largest absolute Gasteiger partial charge is 0.465 e. The van der Waals surface area contributed by atoms with Crippen molar-refractivity contribution in [2.24, 2.45) is 11.8 Å². The zero-order valence-electron chi connectivity index (χ0n) is 15.7. The van der Waals surface area contributed by atoms with E-state index in [-0.39, 0.29) is 5.97 Å². The van der Waals surface area contributed by atoms with Gasteiger partial charge in [-0.3, -0.25) is 4.79 Å². The SMILES string of the molecule is CCCCCCCCC(=O)OCC(CCC)CC(C)CCC. The number of rotatable bonds is 15. The summed E-state index contributed by atoms with van der Waals surface area (Å²) >= 11 is 0. The average molecular weight is 313 g/mol. The predicted octanol–water partition coefficient (Wildman–Crippen LogP) is 6.52. The lowest BCUT2D eigenvalue weighted by molar-refractivity contribution is -0.145. The third-order valence-electron chi connectivity index (χ3n) is 4.43. The number of esters is 1. The fourth-order valence-electron chi connectivity index (χ4n) is 3.19. The topological polar surface area (TPSA) is 26.3 Å². The summed E-state index contributed by atoms with van der Waals surface area (Å²) in [5, 5.41) is 0. The van der Waals surface area contributed by atoms with Crippen LogP contribution >= 0.6 is 0 Å². The van der Waals surface area contributed by atoms with E-state index in [1.54, 1.807) is 0 Å². The van der Waals surface area contributed by atoms with Gasteiger partial charge in [-0.05, 0) is 31.1 Å². The Balaban J connectivity index is 3.77. The van der Waals surface area contributed by atoms with Crippen molar-refractivity contribution >= 4 is 5.97 Å². The molecule has 0 aromatic rings. The highest BCUT2D eigenvalue weighted by Gasteiger charge is 2.14. The van der Waals surface area contributed by atoms with Crippen LogP contribution in [0.3, 0.4) is 0 Å². The summed E-state index contributed by atoms with van der Waals surface area (Å²) in [6.45, 7) is 9.65. The quantitative estimate of drug-likeness (QED) is 0.254. The monoisotopic (exact) mass is 312 g/mol. The molecule has 132 valence electrons. The summed E-state index contributed by atoms with van der Waals surface area (Å²) in [7, 11) is 0. The molecule has 0 aromatic carbocycles. The molecule has 2 nitrogen and oxygen atoms in total. The molecule has 0 rings (SSSR count). The van der Waals surface area contributed by atoms with Crippen LogP contribution in [0.1, 0.15) is 105 Å². The lowest BCUT2D eigenvalue weighted by Crippen LogP contribution is -2.16. The van der Waals surface area contributed by atoms with Gasteiger partial charge in [0.15, 0.2) is 0 Å². The lowest BCUT2D eigenvalue weighted by atomic mass is 9.90. The smallest absolute Gasteiger partial charge is 0.305 e. The highest BCUT2D eigenvalue weighted by molar-refractivity contribution is 5.69. The first-order valence-electron chi connectivity index (χ1n) is 9.79. The predicted molar refractivity (Wildman–Crippen MR) is 96.0 cm³/mol. The van der Waals surface area contributed by atoms with Gasteiger partial charge >= 0.3 is 5.97 Å². The summed E-state index contributed by atoms with van der Waals surface area (Å²) in [6, 6.07) is 0. The first kappa shape index (κ1) is 21.5. The molecule has 0 radical (unpaired) electrons. The van der Waals surface area contributed by atoms with Gasteiger partial charge in [0.2, 0.25) is 0 Å². The second-order valence-electron chi connectivity index (χ2n) is 6.99. The Morgan fingerprint density at radius 2 is 1.50 bits per heavy atom. The minimum absolute atomic E-state index is 0.0136. The zero-order valence-corrected chi connectivity index (χ0v) is 15.7. The van der Waals surface area contributed by atoms with Crippen molar-refractivity contribution in [1.82, 2.24) is 0 Å². The van der Waals surface area contributed by atoms with E-state index in [2.05, 4.69) is 27.7 Å². The Morgan fingerprint density at radius 1 is 0.864 bits per heavy atom. The van der Waals surface area contributed by atoms with Crippen LogP contribution in [0.15, 0.2) is 0 Å². The first-order chi connectivity index (χ1) is 10.6. The van der Waals surface area contributed by atoms with Crippen molar-refractivity contribution in [2.75, 3.05) is 6.61 Å². The van der Waals surface area contributed by atoms with Gasteiger partial charge in [-0.1, -0.05) is 79.1 Å². The molecule has 0 spiro atoms. The van der Waals surface area contributed by atoms with E-state index < -0.39 is 0 Å². The lowest BCUT2D eigenvalue weighted by Gasteiger charge is -2.20. The Bertz CT molecular complexity index is 250. The van der Waals surface area contributed by atoms with Crippen molar-refractivity contribution in [3.63, 3.8) is 0 Å². The molecule has 0 N–H and O–H groups in total. The van der Waals surface area contributed by atoms with E-state index in [1.807, 2.05) is 0 Å². The fourth-order valence-corrected chi connectivity index (χ4v) is 3.19. The molecule has 2 heteroatoms. The Labute approximate surface area is 139 Å². The fraction of sp³-hybridized carbons (Fsp3) is 0.950. The van der Waals surface area contributed by atoms with Crippen LogP contribution in [0.5, 0.6) is 0 Å². The second-order valence-corrected chi connectivity index (χ2v) is 6.99. The molecule has 0 heterocycles. The number of hydrogen-bond acceptors (Lipinski definition) is 2. The van der Waals surface area contributed by atoms with Gasteiger partial charge in [-0.15, -0.1) is 0 Å². The second kappa shape index (κ2) is 15.4. The summed E-state index contributed by atoms with van der Waals surface area (Å²) < 4.78 is 5.52. The number of carbonyl (C=O) groups excluding carboxylic acids is 1. The van der Waals surface area contributed by atoms with Gasteiger partial charge in [-0.25, -0.2) is 0 Å². The van der Waals surface area contributed by atoms with Crippen LogP contribution in [0, 0.1) is 11.8 Å². The number of ether oxygens (including phenoxy) is 1. The van der Waals surface area contributed by atoms with E-state index in [4.69, 9.17) is 4.74 Å². The maximum absolute atomic E-state index is 11.8. The standard InChI is InChI=1S/C20H40O2/c1-5-8-9-10-11-12-15-20(21)22-17-19(14-7-3)16-18(4)13-6-2/h18-19H,5-17H2,1-4H3. The van der Waals surface area contributed by atoms with Crippen LogP contribution < -0.4 is 0 Å². The molecule has 0 aliphatic carbocycles. The maximum atomic E-state index is 11.8. The van der Waals surface area contributed by atoms with Gasteiger partial charge in [0, 0.05) is 6.42 Å². The molecule has 22 heavy (non-hydrogen) atoms. The minimum atomic E-state index is 0.0136. The summed E-state index contributed by atoms with van der Waals surface area (Å²) in [6.07, 6.45) is 14.0. The summed E-state index contributed by atoms with van der Waals surface area (Å²) in [5.74, 6) is 1.32. The average Bonchev–Trinajstić information content (AvgIpc) is 2.49. The molecule has 2 atom stereocenters. The number of hydrogen-bond donors (Lipinski definition) is 0. The zero-order chi connectivity index (χ0) is 16.6. The Hall–Kier alpha value is -0.530. The molecule has 0 fully saturated rings. The molecule has 0 aromatic heterocycles. The van der Waals surface area contributed by atoms with E-state index in [1.165, 1.54) is 64.2 Å². The van der Waals surface area contributed by atoms with Crippen molar-refractivity contribution < 1.29 is 9.53 Å². The van der Waals surface area contributed by atoms with Gasteiger partial charge in [0.25, 0.3) is 0 Å². The molecular formula is C20H40O2. The van der Waals surface area contributed by atoms with Crippen molar-refractivity contribution in [3.05, 3.63) is 0 Å². The van der Waals surface area contributed by atoms with Gasteiger partial charge in [0.05, 0.1) is 6.61 Å².